The molecule has 0 radical (unpaired) electrons. The molecule has 41 heavy (non-hydrogen) atoms. The summed E-state index contributed by atoms with van der Waals surface area (Å²) in [5, 5.41) is 11.7. The second kappa shape index (κ2) is 10.0. The van der Waals surface area contributed by atoms with Crippen LogP contribution in [0.2, 0.25) is 0 Å². The van der Waals surface area contributed by atoms with Gasteiger partial charge in [0.15, 0.2) is 18.2 Å². The first-order valence-corrected chi connectivity index (χ1v) is 13.7. The molecule has 12 nitrogen and oxygen atoms in total. The quantitative estimate of drug-likeness (QED) is 0.371. The van der Waals surface area contributed by atoms with Gasteiger partial charge in [-0.2, -0.15) is 5.10 Å². The molecule has 3 atom stereocenters. The molecule has 2 aliphatic heterocycles. The second-order valence-electron chi connectivity index (χ2n) is 10.6. The first kappa shape index (κ1) is 25.3. The number of fused-ring (bicyclic) bond motifs is 3. The summed E-state index contributed by atoms with van der Waals surface area (Å²) in [4.78, 5) is 43.5. The summed E-state index contributed by atoms with van der Waals surface area (Å²) >= 11 is 0. The number of rotatable bonds is 6. The third-order valence-corrected chi connectivity index (χ3v) is 8.01. The van der Waals surface area contributed by atoms with Crippen molar-refractivity contribution in [2.24, 2.45) is 7.05 Å². The molecular formula is C29H29N7O5. The highest BCUT2D eigenvalue weighted by atomic mass is 16.6. The smallest absolute Gasteiger partial charge is 0.416 e. The molecule has 12 heteroatoms. The van der Waals surface area contributed by atoms with Crippen molar-refractivity contribution in [3.63, 3.8) is 0 Å². The zero-order chi connectivity index (χ0) is 28.1. The van der Waals surface area contributed by atoms with Crippen molar-refractivity contribution >= 4 is 34.5 Å². The molecule has 2 amide bonds. The van der Waals surface area contributed by atoms with Gasteiger partial charge in [-0.05, 0) is 48.6 Å². The Balaban J connectivity index is 1.02. The van der Waals surface area contributed by atoms with Gasteiger partial charge in [-0.15, -0.1) is 0 Å². The lowest BCUT2D eigenvalue weighted by atomic mass is 9.88. The number of nitrogens with one attached hydrogen (secondary N) is 2. The van der Waals surface area contributed by atoms with Crippen LogP contribution in [0.3, 0.4) is 0 Å². The lowest BCUT2D eigenvalue weighted by Crippen LogP contribution is -2.46. The molecule has 0 spiro atoms. The number of anilines is 2. The Morgan fingerprint density at radius 2 is 1.95 bits per heavy atom. The minimum atomic E-state index is -0.442. The molecule has 2 N–H and O–H groups in total. The van der Waals surface area contributed by atoms with E-state index in [9.17, 15) is 14.4 Å². The fourth-order valence-electron chi connectivity index (χ4n) is 6.02. The molecular weight excluding hydrogens is 526 g/mol. The Hall–Kier alpha value is -4.71. The zero-order valence-corrected chi connectivity index (χ0v) is 22.4. The summed E-state index contributed by atoms with van der Waals surface area (Å²) in [6.07, 6.45) is 3.41. The number of aryl methyl sites for hydroxylation is 1. The lowest BCUT2D eigenvalue weighted by molar-refractivity contribution is -0.118. The first-order valence-electron chi connectivity index (χ1n) is 13.7. The second-order valence-corrected chi connectivity index (χ2v) is 10.6. The van der Waals surface area contributed by atoms with Gasteiger partial charge in [-0.1, -0.05) is 12.1 Å². The van der Waals surface area contributed by atoms with E-state index in [1.165, 1.54) is 0 Å². The fraction of sp³-hybridized carbons (Fsp3) is 0.345. The van der Waals surface area contributed by atoms with E-state index in [1.807, 2.05) is 43.6 Å². The van der Waals surface area contributed by atoms with Crippen LogP contribution < -0.4 is 25.8 Å². The highest BCUT2D eigenvalue weighted by Gasteiger charge is 2.46. The van der Waals surface area contributed by atoms with E-state index in [1.54, 1.807) is 32.3 Å². The van der Waals surface area contributed by atoms with Crippen molar-refractivity contribution in [3.05, 3.63) is 65.1 Å². The molecule has 3 aromatic heterocycles. The highest BCUT2D eigenvalue weighted by Crippen LogP contribution is 2.37. The average molecular weight is 556 g/mol. The standard InChI is InChI=1S/C29H29N7O5/c1-34-12-10-20(33-34)18-3-2-17-4-9-27(38)35(22(17)14-18)13-11-30-19-5-6-21-24(15-19)41-29(39)36(21)25-8-7-23-28(31-25)32-26(37)16-40-23/h2-4,7-10,12,14,19,21,24,30H,5-6,11,13,15-16H2,1H3,(H,31,32,37)/t19-,21-,24-/m0/s1. The van der Waals surface area contributed by atoms with Crippen LogP contribution >= 0.6 is 0 Å². The van der Waals surface area contributed by atoms with Crippen LogP contribution in [0, 0.1) is 0 Å². The molecule has 0 bridgehead atoms. The van der Waals surface area contributed by atoms with E-state index >= 15 is 0 Å². The van der Waals surface area contributed by atoms with E-state index in [4.69, 9.17) is 9.47 Å². The van der Waals surface area contributed by atoms with Crippen molar-refractivity contribution in [2.75, 3.05) is 23.4 Å². The van der Waals surface area contributed by atoms with Crippen LogP contribution in [-0.2, 0) is 23.1 Å². The Bertz CT molecular complexity index is 1730. The fourth-order valence-corrected chi connectivity index (χ4v) is 6.02. The summed E-state index contributed by atoms with van der Waals surface area (Å²) in [5.41, 5.74) is 2.63. The maximum absolute atomic E-state index is 12.9. The maximum Gasteiger partial charge on any atom is 0.416 e. The summed E-state index contributed by atoms with van der Waals surface area (Å²) in [6.45, 7) is 1.05. The van der Waals surface area contributed by atoms with Gasteiger partial charge in [0, 0.05) is 50.4 Å². The third-order valence-electron chi connectivity index (χ3n) is 8.01. The van der Waals surface area contributed by atoms with Crippen molar-refractivity contribution < 1.29 is 19.1 Å². The Morgan fingerprint density at radius 1 is 1.07 bits per heavy atom. The molecule has 0 unspecified atom stereocenters. The molecule has 3 aliphatic rings. The Kier molecular flexibility index (Phi) is 6.19. The van der Waals surface area contributed by atoms with Crippen LogP contribution in [0.15, 0.2) is 59.5 Å². The minimum absolute atomic E-state index is 0.0549. The highest BCUT2D eigenvalue weighted by molar-refractivity contribution is 5.95. The van der Waals surface area contributed by atoms with Gasteiger partial charge in [0.25, 0.3) is 11.5 Å². The molecule has 7 rings (SSSR count). The Labute approximate surface area is 234 Å². The molecule has 1 saturated heterocycles. The van der Waals surface area contributed by atoms with E-state index < -0.39 is 6.09 Å². The van der Waals surface area contributed by atoms with Crippen molar-refractivity contribution in [1.29, 1.82) is 0 Å². The van der Waals surface area contributed by atoms with E-state index in [0.717, 1.165) is 35.0 Å². The van der Waals surface area contributed by atoms with Gasteiger partial charge in [0.05, 0.1) is 17.3 Å². The van der Waals surface area contributed by atoms with E-state index in [0.29, 0.717) is 36.9 Å². The number of nitrogens with zero attached hydrogens (tertiary/aromatic N) is 5. The van der Waals surface area contributed by atoms with Gasteiger partial charge in [-0.25, -0.2) is 9.78 Å². The van der Waals surface area contributed by atoms with Crippen LogP contribution in [0.4, 0.5) is 16.4 Å². The summed E-state index contributed by atoms with van der Waals surface area (Å²) in [6, 6.07) is 14.9. The van der Waals surface area contributed by atoms with Gasteiger partial charge in [-0.3, -0.25) is 19.2 Å². The predicted molar refractivity (Wildman–Crippen MR) is 151 cm³/mol. The zero-order valence-electron chi connectivity index (χ0n) is 22.4. The van der Waals surface area contributed by atoms with E-state index in [2.05, 4.69) is 20.7 Å². The van der Waals surface area contributed by atoms with Gasteiger partial charge in [0.1, 0.15) is 11.9 Å². The topological polar surface area (TPSA) is 133 Å². The first-order chi connectivity index (χ1) is 19.9. The van der Waals surface area contributed by atoms with Gasteiger partial charge < -0.3 is 24.7 Å². The van der Waals surface area contributed by atoms with Crippen LogP contribution in [0.25, 0.3) is 22.2 Å². The summed E-state index contributed by atoms with van der Waals surface area (Å²) in [5.74, 6) is 0.929. The number of ether oxygens (including phenoxy) is 2. The van der Waals surface area contributed by atoms with E-state index in [-0.39, 0.29) is 36.3 Å². The predicted octanol–water partition coefficient (Wildman–Crippen LogP) is 2.66. The SMILES string of the molecule is Cn1ccc(-c2ccc3ccc(=O)n(CCN[C@H]4CC[C@H]5[C@H](C4)OC(=O)N5c4ccc5c(n4)NC(=O)CO5)c3c2)n1. The molecule has 2 fully saturated rings. The van der Waals surface area contributed by atoms with Gasteiger partial charge >= 0.3 is 6.09 Å². The van der Waals surface area contributed by atoms with Gasteiger partial charge in [0.2, 0.25) is 0 Å². The summed E-state index contributed by atoms with van der Waals surface area (Å²) in [7, 11) is 1.88. The Morgan fingerprint density at radius 3 is 2.80 bits per heavy atom. The van der Waals surface area contributed by atoms with Crippen LogP contribution in [-0.4, -0.2) is 62.7 Å². The normalized spacial score (nSPS) is 21.7. The molecule has 210 valence electrons. The largest absolute Gasteiger partial charge is 0.480 e. The third kappa shape index (κ3) is 4.69. The molecule has 1 aliphatic carbocycles. The van der Waals surface area contributed by atoms with Crippen molar-refractivity contribution in [3.8, 4) is 17.0 Å². The number of pyridine rings is 2. The monoisotopic (exact) mass is 555 g/mol. The lowest BCUT2D eigenvalue weighted by Gasteiger charge is -2.33. The average Bonchev–Trinajstić information content (AvgIpc) is 3.55. The molecule has 4 aromatic rings. The number of carbonyl (C=O) groups excluding carboxylic acids is 2. The number of hydrogen-bond acceptors (Lipinski definition) is 8. The van der Waals surface area contributed by atoms with Crippen molar-refractivity contribution in [2.45, 2.75) is 44.0 Å². The number of aromatic nitrogens is 4. The molecule has 5 heterocycles. The molecule has 1 aromatic carbocycles. The maximum atomic E-state index is 12.9. The number of hydrogen-bond donors (Lipinski definition) is 2. The summed E-state index contributed by atoms with van der Waals surface area (Å²) < 4.78 is 14.7. The number of carbonyl (C=O) groups is 2. The van der Waals surface area contributed by atoms with Crippen LogP contribution in [0.1, 0.15) is 19.3 Å². The number of amides is 2. The minimum Gasteiger partial charge on any atom is -0.480 e. The van der Waals surface area contributed by atoms with Crippen molar-refractivity contribution in [1.82, 2.24) is 24.6 Å². The van der Waals surface area contributed by atoms with Crippen LogP contribution in [0.5, 0.6) is 5.75 Å². The molecule has 1 saturated carbocycles. The number of benzene rings is 1.